The van der Waals surface area contributed by atoms with Gasteiger partial charge in [0.15, 0.2) is 23.0 Å². The molecule has 1 aromatic carbocycles. The number of methoxy groups -OCH3 is 1. The van der Waals surface area contributed by atoms with E-state index in [1.165, 1.54) is 0 Å². The van der Waals surface area contributed by atoms with Crippen molar-refractivity contribution < 1.29 is 23.8 Å². The Morgan fingerprint density at radius 1 is 1.18 bits per heavy atom. The summed E-state index contributed by atoms with van der Waals surface area (Å²) in [6.07, 6.45) is 1.50. The molecule has 2 aromatic rings. The number of para-hydroxylation sites is 2. The fourth-order valence-corrected chi connectivity index (χ4v) is 2.96. The fourth-order valence-electron chi connectivity index (χ4n) is 2.96. The maximum absolute atomic E-state index is 12.7. The average molecular weight is 383 g/mol. The summed E-state index contributed by atoms with van der Waals surface area (Å²) in [6.45, 7) is 4.35. The summed E-state index contributed by atoms with van der Waals surface area (Å²) in [4.78, 5) is 14.4. The molecule has 1 N–H and O–H groups in total. The molecule has 1 amide bonds. The van der Waals surface area contributed by atoms with Crippen molar-refractivity contribution in [1.82, 2.24) is 4.90 Å². The highest BCUT2D eigenvalue weighted by Gasteiger charge is 2.27. The first-order chi connectivity index (χ1) is 13.4. The minimum absolute atomic E-state index is 0.0326. The molecule has 1 saturated heterocycles. The number of carbonyl (C=O) groups excluding carboxylic acids is 1. The van der Waals surface area contributed by atoms with Gasteiger partial charge in [0.05, 0.1) is 7.11 Å². The highest BCUT2D eigenvalue weighted by atomic mass is 16.5. The lowest BCUT2D eigenvalue weighted by molar-refractivity contribution is 0.0561. The van der Waals surface area contributed by atoms with Gasteiger partial charge in [-0.05, 0) is 44.0 Å². The summed E-state index contributed by atoms with van der Waals surface area (Å²) >= 11 is 0. The number of amides is 1. The molecular formula is C22H25NO5. The van der Waals surface area contributed by atoms with Crippen LogP contribution in [0.1, 0.15) is 43.0 Å². The maximum atomic E-state index is 12.7. The van der Waals surface area contributed by atoms with Crippen LogP contribution in [0.5, 0.6) is 11.5 Å². The van der Waals surface area contributed by atoms with Crippen molar-refractivity contribution in [3.05, 3.63) is 47.9 Å². The number of rotatable bonds is 4. The molecule has 0 bridgehead atoms. The van der Waals surface area contributed by atoms with Gasteiger partial charge in [0.25, 0.3) is 5.91 Å². The van der Waals surface area contributed by atoms with Crippen molar-refractivity contribution in [2.45, 2.75) is 38.4 Å². The minimum Gasteiger partial charge on any atom is -0.493 e. The quantitative estimate of drug-likeness (QED) is 0.822. The van der Waals surface area contributed by atoms with Crippen LogP contribution in [-0.2, 0) is 0 Å². The Morgan fingerprint density at radius 2 is 1.86 bits per heavy atom. The van der Waals surface area contributed by atoms with Crippen molar-refractivity contribution in [2.24, 2.45) is 0 Å². The zero-order valence-electron chi connectivity index (χ0n) is 16.4. The number of likely N-dealkylation sites (tertiary alicyclic amines) is 1. The molecule has 28 heavy (non-hydrogen) atoms. The van der Waals surface area contributed by atoms with E-state index in [0.29, 0.717) is 24.6 Å². The summed E-state index contributed by atoms with van der Waals surface area (Å²) in [7, 11) is 1.62. The topological polar surface area (TPSA) is 72.1 Å². The number of aliphatic hydroxyl groups is 1. The van der Waals surface area contributed by atoms with Crippen molar-refractivity contribution >= 4 is 5.91 Å². The van der Waals surface area contributed by atoms with E-state index in [0.717, 1.165) is 18.6 Å². The lowest BCUT2D eigenvalue weighted by Gasteiger charge is -2.31. The monoisotopic (exact) mass is 383 g/mol. The molecule has 6 heteroatoms. The molecule has 1 aliphatic heterocycles. The zero-order valence-corrected chi connectivity index (χ0v) is 16.4. The van der Waals surface area contributed by atoms with E-state index in [1.807, 2.05) is 24.3 Å². The third-order valence-corrected chi connectivity index (χ3v) is 4.40. The van der Waals surface area contributed by atoms with Gasteiger partial charge < -0.3 is 23.9 Å². The molecule has 1 aromatic heterocycles. The Bertz CT molecular complexity index is 876. The molecule has 1 fully saturated rings. The van der Waals surface area contributed by atoms with Crippen LogP contribution >= 0.6 is 0 Å². The van der Waals surface area contributed by atoms with Crippen molar-refractivity contribution in [2.75, 3.05) is 20.2 Å². The number of hydrogen-bond acceptors (Lipinski definition) is 5. The van der Waals surface area contributed by atoms with Gasteiger partial charge in [-0.1, -0.05) is 18.1 Å². The first kappa shape index (κ1) is 19.8. The highest BCUT2D eigenvalue weighted by molar-refractivity contribution is 5.91. The van der Waals surface area contributed by atoms with Gasteiger partial charge in [-0.2, -0.15) is 0 Å². The Morgan fingerprint density at radius 3 is 2.50 bits per heavy atom. The standard InChI is InChI=1S/C22H25NO5/c1-22(2,25)13-10-16-8-9-20(28-16)21(24)23-14-11-17(12-15-23)27-19-7-5-4-6-18(19)26-3/h4-9,17,25H,11-12,14-15H2,1-3H3. The molecule has 1 aliphatic rings. The molecule has 0 saturated carbocycles. The molecule has 2 heterocycles. The molecule has 3 rings (SSSR count). The maximum Gasteiger partial charge on any atom is 0.289 e. The van der Waals surface area contributed by atoms with Gasteiger partial charge in [-0.25, -0.2) is 0 Å². The van der Waals surface area contributed by atoms with E-state index in [-0.39, 0.29) is 17.8 Å². The first-order valence-corrected chi connectivity index (χ1v) is 9.30. The SMILES string of the molecule is COc1ccccc1OC1CCN(C(=O)c2ccc(C#CC(C)(C)O)o2)CC1. The number of nitrogens with zero attached hydrogens (tertiary/aromatic N) is 1. The van der Waals surface area contributed by atoms with Crippen molar-refractivity contribution in [3.63, 3.8) is 0 Å². The van der Waals surface area contributed by atoms with Crippen molar-refractivity contribution in [3.8, 4) is 23.3 Å². The number of piperidine rings is 1. The van der Waals surface area contributed by atoms with E-state index in [2.05, 4.69) is 11.8 Å². The van der Waals surface area contributed by atoms with Gasteiger partial charge in [0.1, 0.15) is 11.7 Å². The van der Waals surface area contributed by atoms with Crippen molar-refractivity contribution in [1.29, 1.82) is 0 Å². The Kier molecular flexibility index (Phi) is 5.96. The molecular weight excluding hydrogens is 358 g/mol. The molecule has 6 nitrogen and oxygen atoms in total. The smallest absolute Gasteiger partial charge is 0.289 e. The molecule has 0 radical (unpaired) electrons. The number of hydrogen-bond donors (Lipinski definition) is 1. The fraction of sp³-hybridized carbons (Fsp3) is 0.409. The molecule has 0 spiro atoms. The molecule has 0 aliphatic carbocycles. The van der Waals surface area contributed by atoms with Crippen LogP contribution in [0, 0.1) is 11.8 Å². The number of ether oxygens (including phenoxy) is 2. The summed E-state index contributed by atoms with van der Waals surface area (Å²) < 4.78 is 16.9. The first-order valence-electron chi connectivity index (χ1n) is 9.30. The Labute approximate surface area is 165 Å². The van der Waals surface area contributed by atoms with Gasteiger partial charge in [0, 0.05) is 25.9 Å². The van der Waals surface area contributed by atoms with E-state index >= 15 is 0 Å². The second kappa shape index (κ2) is 8.41. The van der Waals surface area contributed by atoms with Gasteiger partial charge >= 0.3 is 0 Å². The second-order valence-electron chi connectivity index (χ2n) is 7.23. The number of carbonyl (C=O) groups is 1. The largest absolute Gasteiger partial charge is 0.493 e. The zero-order chi connectivity index (χ0) is 20.1. The average Bonchev–Trinajstić information content (AvgIpc) is 3.15. The number of furan rings is 1. The van der Waals surface area contributed by atoms with Gasteiger partial charge in [-0.15, -0.1) is 0 Å². The second-order valence-corrected chi connectivity index (χ2v) is 7.23. The van der Waals surface area contributed by atoms with Crippen LogP contribution in [0.2, 0.25) is 0 Å². The summed E-state index contributed by atoms with van der Waals surface area (Å²) in [5.41, 5.74) is -1.11. The molecule has 0 unspecified atom stereocenters. The van der Waals surface area contributed by atoms with Crippen LogP contribution < -0.4 is 9.47 Å². The van der Waals surface area contributed by atoms with Crippen LogP contribution in [0.25, 0.3) is 0 Å². The highest BCUT2D eigenvalue weighted by Crippen LogP contribution is 2.29. The van der Waals surface area contributed by atoms with E-state index in [1.54, 1.807) is 38.0 Å². The number of benzene rings is 1. The van der Waals surface area contributed by atoms with Gasteiger partial charge in [-0.3, -0.25) is 4.79 Å². The van der Waals surface area contributed by atoms with E-state index < -0.39 is 5.60 Å². The van der Waals surface area contributed by atoms with Gasteiger partial charge in [0.2, 0.25) is 0 Å². The third kappa shape index (κ3) is 5.08. The predicted molar refractivity (Wildman–Crippen MR) is 104 cm³/mol. The normalized spacial score (nSPS) is 14.9. The Hall–Kier alpha value is -2.91. The van der Waals surface area contributed by atoms with E-state index in [9.17, 15) is 9.90 Å². The van der Waals surface area contributed by atoms with E-state index in [4.69, 9.17) is 13.9 Å². The molecule has 0 atom stereocenters. The predicted octanol–water partition coefficient (Wildman–Crippen LogP) is 3.09. The summed E-state index contributed by atoms with van der Waals surface area (Å²) in [5, 5.41) is 9.65. The van der Waals surface area contributed by atoms with Crippen LogP contribution in [-0.4, -0.2) is 47.8 Å². The summed E-state index contributed by atoms with van der Waals surface area (Å²) in [5.74, 6) is 7.29. The lowest BCUT2D eigenvalue weighted by Crippen LogP contribution is -2.41. The summed E-state index contributed by atoms with van der Waals surface area (Å²) in [6, 6.07) is 10.8. The van der Waals surface area contributed by atoms with Crippen LogP contribution in [0.3, 0.4) is 0 Å². The molecule has 148 valence electrons. The Balaban J connectivity index is 1.57. The van der Waals surface area contributed by atoms with Crippen LogP contribution in [0.4, 0.5) is 0 Å². The third-order valence-electron chi connectivity index (χ3n) is 4.40. The minimum atomic E-state index is -1.11. The van der Waals surface area contributed by atoms with Crippen LogP contribution in [0.15, 0.2) is 40.8 Å². The lowest BCUT2D eigenvalue weighted by atomic mass is 10.1.